The Morgan fingerprint density at radius 2 is 2.13 bits per heavy atom. The number of carboxylic acids is 1. The summed E-state index contributed by atoms with van der Waals surface area (Å²) in [6.07, 6.45) is 2.31. The van der Waals surface area contributed by atoms with Gasteiger partial charge in [-0.2, -0.15) is 0 Å². The topological polar surface area (TPSA) is 81.7 Å². The second-order valence-electron chi connectivity index (χ2n) is 6.03. The van der Waals surface area contributed by atoms with Gasteiger partial charge in [-0.15, -0.1) is 11.3 Å². The molecule has 1 atom stereocenters. The van der Waals surface area contributed by atoms with E-state index in [0.29, 0.717) is 6.54 Å². The summed E-state index contributed by atoms with van der Waals surface area (Å²) in [5.41, 5.74) is 0. The third kappa shape index (κ3) is 5.84. The first kappa shape index (κ1) is 17.7. The van der Waals surface area contributed by atoms with Crippen LogP contribution in [0.3, 0.4) is 0 Å². The number of amides is 2. The van der Waals surface area contributed by atoms with Crippen LogP contribution >= 0.6 is 11.3 Å². The van der Waals surface area contributed by atoms with E-state index in [1.165, 1.54) is 17.7 Å². The highest BCUT2D eigenvalue weighted by Gasteiger charge is 2.25. The van der Waals surface area contributed by atoms with Crippen LogP contribution in [-0.4, -0.2) is 48.2 Å². The highest BCUT2D eigenvalue weighted by molar-refractivity contribution is 7.10. The Labute approximate surface area is 140 Å². The fraction of sp³-hybridized carbons (Fsp3) is 0.625. The van der Waals surface area contributed by atoms with E-state index in [0.717, 1.165) is 19.0 Å². The molecule has 1 aliphatic rings. The first-order chi connectivity index (χ1) is 11.1. The van der Waals surface area contributed by atoms with Crippen LogP contribution in [0.5, 0.6) is 0 Å². The molecule has 3 N–H and O–H groups in total. The molecule has 0 bridgehead atoms. The van der Waals surface area contributed by atoms with Gasteiger partial charge >= 0.3 is 12.0 Å². The number of aliphatic carboxylic acids is 1. The lowest BCUT2D eigenvalue weighted by Gasteiger charge is -2.36. The molecule has 1 unspecified atom stereocenters. The van der Waals surface area contributed by atoms with Crippen molar-refractivity contribution in [3.8, 4) is 0 Å². The fourth-order valence-corrected chi connectivity index (χ4v) is 3.63. The van der Waals surface area contributed by atoms with Gasteiger partial charge in [-0.3, -0.25) is 9.69 Å². The Morgan fingerprint density at radius 1 is 1.39 bits per heavy atom. The monoisotopic (exact) mass is 339 g/mol. The lowest BCUT2D eigenvalue weighted by atomic mass is 9.97. The van der Waals surface area contributed by atoms with E-state index < -0.39 is 5.97 Å². The Bertz CT molecular complexity index is 499. The molecule has 7 heteroatoms. The molecule has 1 fully saturated rings. The fourth-order valence-electron chi connectivity index (χ4n) is 2.77. The van der Waals surface area contributed by atoms with E-state index in [1.807, 2.05) is 6.07 Å². The molecule has 1 saturated heterocycles. The average Bonchev–Trinajstić information content (AvgIpc) is 3.03. The lowest BCUT2D eigenvalue weighted by molar-refractivity contribution is -0.136. The van der Waals surface area contributed by atoms with Crippen molar-refractivity contribution >= 4 is 23.3 Å². The van der Waals surface area contributed by atoms with Gasteiger partial charge < -0.3 is 15.7 Å². The molecular formula is C16H25N3O3S. The van der Waals surface area contributed by atoms with Gasteiger partial charge in [-0.25, -0.2) is 4.79 Å². The van der Waals surface area contributed by atoms with Gasteiger partial charge in [0.2, 0.25) is 0 Å². The molecule has 0 saturated carbocycles. The summed E-state index contributed by atoms with van der Waals surface area (Å²) in [5, 5.41) is 16.1. The van der Waals surface area contributed by atoms with Crippen LogP contribution in [0.4, 0.5) is 4.79 Å². The van der Waals surface area contributed by atoms with E-state index in [1.54, 1.807) is 11.3 Å². The van der Waals surface area contributed by atoms with Gasteiger partial charge in [0.05, 0.1) is 12.5 Å². The number of likely N-dealkylation sites (tertiary alicyclic amines) is 1. The highest BCUT2D eigenvalue weighted by atomic mass is 32.1. The number of carbonyl (C=O) groups is 2. The number of urea groups is 1. The van der Waals surface area contributed by atoms with Crippen molar-refractivity contribution in [2.75, 3.05) is 26.2 Å². The van der Waals surface area contributed by atoms with Gasteiger partial charge in [-0.1, -0.05) is 13.0 Å². The van der Waals surface area contributed by atoms with E-state index in [2.05, 4.69) is 33.9 Å². The first-order valence-corrected chi connectivity index (χ1v) is 8.95. The van der Waals surface area contributed by atoms with Crippen molar-refractivity contribution < 1.29 is 14.7 Å². The Morgan fingerprint density at radius 3 is 2.74 bits per heavy atom. The minimum atomic E-state index is -0.913. The summed E-state index contributed by atoms with van der Waals surface area (Å²) in [4.78, 5) is 26.0. The zero-order valence-corrected chi connectivity index (χ0v) is 14.3. The van der Waals surface area contributed by atoms with Crippen molar-refractivity contribution in [1.82, 2.24) is 15.5 Å². The van der Waals surface area contributed by atoms with Crippen LogP contribution < -0.4 is 10.6 Å². The molecule has 2 heterocycles. The van der Waals surface area contributed by atoms with E-state index in [9.17, 15) is 9.59 Å². The van der Waals surface area contributed by atoms with Crippen LogP contribution in [0.15, 0.2) is 17.5 Å². The number of hydrogen-bond acceptors (Lipinski definition) is 4. The number of nitrogens with zero attached hydrogens (tertiary/aromatic N) is 1. The average molecular weight is 339 g/mol. The van der Waals surface area contributed by atoms with Crippen LogP contribution in [0, 0.1) is 5.92 Å². The van der Waals surface area contributed by atoms with Gasteiger partial charge in [0.15, 0.2) is 0 Å². The van der Waals surface area contributed by atoms with E-state index >= 15 is 0 Å². The quantitative estimate of drug-likeness (QED) is 0.712. The zero-order valence-electron chi connectivity index (χ0n) is 13.5. The number of carboxylic acid groups (broad SMARTS) is 1. The zero-order chi connectivity index (χ0) is 16.7. The van der Waals surface area contributed by atoms with Crippen molar-refractivity contribution in [3.63, 3.8) is 0 Å². The number of hydrogen-bond donors (Lipinski definition) is 3. The van der Waals surface area contributed by atoms with Crippen LogP contribution in [0.25, 0.3) is 0 Å². The van der Waals surface area contributed by atoms with Crippen molar-refractivity contribution in [3.05, 3.63) is 22.4 Å². The van der Waals surface area contributed by atoms with Crippen LogP contribution in [0.1, 0.15) is 37.1 Å². The minimum absolute atomic E-state index is 0.0637. The predicted molar refractivity (Wildman–Crippen MR) is 90.7 cm³/mol. The summed E-state index contributed by atoms with van der Waals surface area (Å²) in [5.74, 6) is -0.147. The molecule has 1 aromatic rings. The molecule has 128 valence electrons. The largest absolute Gasteiger partial charge is 0.481 e. The normalized spacial score (nSPS) is 17.6. The van der Waals surface area contributed by atoms with Gasteiger partial charge in [0, 0.05) is 18.0 Å². The number of rotatable bonds is 7. The highest BCUT2D eigenvalue weighted by Crippen LogP contribution is 2.28. The first-order valence-electron chi connectivity index (χ1n) is 8.07. The number of piperidine rings is 1. The number of carbonyl (C=O) groups excluding carboxylic acids is 1. The maximum atomic E-state index is 11.8. The second-order valence-corrected chi connectivity index (χ2v) is 7.01. The molecule has 1 aliphatic heterocycles. The number of thiophene rings is 1. The third-order valence-electron chi connectivity index (χ3n) is 4.21. The van der Waals surface area contributed by atoms with Crippen molar-refractivity contribution in [2.45, 2.75) is 32.2 Å². The van der Waals surface area contributed by atoms with Crippen LogP contribution in [-0.2, 0) is 4.79 Å². The Hall–Kier alpha value is -1.60. The summed E-state index contributed by atoms with van der Waals surface area (Å²) < 4.78 is 0. The Balaban J connectivity index is 1.86. The molecular weight excluding hydrogens is 314 g/mol. The molecule has 0 aliphatic carbocycles. The molecule has 1 aromatic heterocycles. The molecule has 0 radical (unpaired) electrons. The molecule has 6 nitrogen and oxygen atoms in total. The SMILES string of the molecule is CC1CCN(C(CNC(=O)NCCC(=O)O)c2cccs2)CC1. The number of nitrogens with one attached hydrogen (secondary N) is 2. The third-order valence-corrected chi connectivity index (χ3v) is 5.18. The second kappa shape index (κ2) is 8.88. The predicted octanol–water partition coefficient (Wildman–Crippen LogP) is 2.29. The van der Waals surface area contributed by atoms with Gasteiger partial charge in [0.1, 0.15) is 0 Å². The van der Waals surface area contributed by atoms with Gasteiger partial charge in [0.25, 0.3) is 0 Å². The molecule has 2 amide bonds. The summed E-state index contributed by atoms with van der Waals surface area (Å²) >= 11 is 1.71. The summed E-state index contributed by atoms with van der Waals surface area (Å²) in [6, 6.07) is 4.02. The maximum Gasteiger partial charge on any atom is 0.314 e. The van der Waals surface area contributed by atoms with Gasteiger partial charge in [-0.05, 0) is 43.3 Å². The Kier molecular flexibility index (Phi) is 6.85. The molecule has 2 rings (SSSR count). The summed E-state index contributed by atoms with van der Waals surface area (Å²) in [7, 11) is 0. The van der Waals surface area contributed by atoms with Crippen molar-refractivity contribution in [1.29, 1.82) is 0 Å². The van der Waals surface area contributed by atoms with Crippen molar-refractivity contribution in [2.24, 2.45) is 5.92 Å². The lowest BCUT2D eigenvalue weighted by Crippen LogP contribution is -2.44. The standard InChI is InChI=1S/C16H25N3O3S/c1-12-5-8-19(9-6-12)13(14-3-2-10-23-14)11-18-16(22)17-7-4-15(20)21/h2-3,10,12-13H,4-9,11H2,1H3,(H,20,21)(H2,17,18,22). The van der Waals surface area contributed by atoms with E-state index in [-0.39, 0.29) is 25.0 Å². The maximum absolute atomic E-state index is 11.8. The molecule has 23 heavy (non-hydrogen) atoms. The van der Waals surface area contributed by atoms with Crippen LogP contribution in [0.2, 0.25) is 0 Å². The van der Waals surface area contributed by atoms with E-state index in [4.69, 9.17) is 5.11 Å². The smallest absolute Gasteiger partial charge is 0.314 e. The molecule has 0 aromatic carbocycles. The minimum Gasteiger partial charge on any atom is -0.481 e. The summed E-state index contributed by atoms with van der Waals surface area (Å²) in [6.45, 7) is 5.06. The molecule has 0 spiro atoms.